The Morgan fingerprint density at radius 1 is 1.47 bits per heavy atom. The van der Waals surface area contributed by atoms with E-state index in [4.69, 9.17) is 5.73 Å². The largest absolute Gasteiger partial charge is 0.397 e. The molecule has 0 aliphatic rings. The Balaban J connectivity index is 2.05. The van der Waals surface area contributed by atoms with Crippen LogP contribution in [0.15, 0.2) is 29.1 Å². The van der Waals surface area contributed by atoms with Crippen molar-refractivity contribution in [1.29, 1.82) is 0 Å². The maximum atomic E-state index is 5.83. The topological polar surface area (TPSA) is 77.0 Å². The zero-order valence-corrected chi connectivity index (χ0v) is 8.40. The van der Waals surface area contributed by atoms with Crippen LogP contribution < -0.4 is 11.1 Å². The van der Waals surface area contributed by atoms with Gasteiger partial charge in [0.25, 0.3) is 0 Å². The summed E-state index contributed by atoms with van der Waals surface area (Å²) in [6.07, 6.45) is 1.30. The van der Waals surface area contributed by atoms with Crippen molar-refractivity contribution in [3.8, 4) is 0 Å². The first-order valence-corrected chi connectivity index (χ1v) is 4.61. The van der Waals surface area contributed by atoms with Crippen molar-refractivity contribution in [2.24, 2.45) is 0 Å². The summed E-state index contributed by atoms with van der Waals surface area (Å²) >= 11 is 0. The standard InChI is InChI=1S/C10H12N4O/c1-7-2-3-9(8(11)4-7)12-5-10-13-6-15-14-10/h2-4,6,12H,5,11H2,1H3. The van der Waals surface area contributed by atoms with Gasteiger partial charge in [0.05, 0.1) is 17.9 Å². The van der Waals surface area contributed by atoms with E-state index in [0.29, 0.717) is 12.4 Å². The molecule has 5 heteroatoms. The Hall–Kier alpha value is -2.04. The Labute approximate surface area is 87.3 Å². The highest BCUT2D eigenvalue weighted by molar-refractivity contribution is 5.66. The average molecular weight is 204 g/mol. The summed E-state index contributed by atoms with van der Waals surface area (Å²) in [4.78, 5) is 3.90. The quantitative estimate of drug-likeness (QED) is 0.742. The molecule has 0 radical (unpaired) electrons. The highest BCUT2D eigenvalue weighted by atomic mass is 16.5. The number of nitrogen functional groups attached to an aromatic ring is 1. The third-order valence-electron chi connectivity index (χ3n) is 2.05. The molecule has 0 saturated carbocycles. The molecule has 78 valence electrons. The maximum Gasteiger partial charge on any atom is 0.213 e. The van der Waals surface area contributed by atoms with E-state index in [-0.39, 0.29) is 0 Å². The summed E-state index contributed by atoms with van der Waals surface area (Å²) in [6.45, 7) is 2.50. The second kappa shape index (κ2) is 4.00. The third-order valence-corrected chi connectivity index (χ3v) is 2.05. The molecule has 0 unspecified atom stereocenters. The molecule has 0 bridgehead atoms. The number of rotatable bonds is 3. The zero-order valence-electron chi connectivity index (χ0n) is 8.40. The molecule has 0 saturated heterocycles. The van der Waals surface area contributed by atoms with Crippen LogP contribution in [0.5, 0.6) is 0 Å². The molecule has 0 fully saturated rings. The van der Waals surface area contributed by atoms with E-state index in [1.807, 2.05) is 25.1 Å². The maximum absolute atomic E-state index is 5.83. The van der Waals surface area contributed by atoms with Gasteiger partial charge in [0.1, 0.15) is 0 Å². The fraction of sp³-hybridized carbons (Fsp3) is 0.200. The predicted molar refractivity (Wildman–Crippen MR) is 57.2 cm³/mol. The third kappa shape index (κ3) is 2.25. The van der Waals surface area contributed by atoms with Crippen LogP contribution in [0.4, 0.5) is 11.4 Å². The van der Waals surface area contributed by atoms with Crippen LogP contribution >= 0.6 is 0 Å². The lowest BCUT2D eigenvalue weighted by Crippen LogP contribution is -2.03. The van der Waals surface area contributed by atoms with E-state index >= 15 is 0 Å². The number of nitrogens with two attached hydrogens (primary N) is 1. The van der Waals surface area contributed by atoms with E-state index in [0.717, 1.165) is 16.9 Å². The van der Waals surface area contributed by atoms with Gasteiger partial charge in [0.15, 0.2) is 5.82 Å². The first-order chi connectivity index (χ1) is 7.25. The van der Waals surface area contributed by atoms with E-state index < -0.39 is 0 Å². The van der Waals surface area contributed by atoms with Gasteiger partial charge < -0.3 is 15.6 Å². The van der Waals surface area contributed by atoms with Crippen molar-refractivity contribution in [3.63, 3.8) is 0 Å². The van der Waals surface area contributed by atoms with Gasteiger partial charge in [-0.3, -0.25) is 0 Å². The van der Waals surface area contributed by atoms with Crippen LogP contribution in [0.25, 0.3) is 0 Å². The second-order valence-electron chi connectivity index (χ2n) is 3.29. The van der Waals surface area contributed by atoms with E-state index in [1.165, 1.54) is 6.39 Å². The lowest BCUT2D eigenvalue weighted by molar-refractivity contribution is 0.411. The first kappa shape index (κ1) is 9.51. The zero-order chi connectivity index (χ0) is 10.7. The minimum absolute atomic E-state index is 0.504. The minimum atomic E-state index is 0.504. The van der Waals surface area contributed by atoms with E-state index in [2.05, 4.69) is 20.0 Å². The number of hydrogen-bond acceptors (Lipinski definition) is 5. The molecular weight excluding hydrogens is 192 g/mol. The molecule has 2 rings (SSSR count). The Morgan fingerprint density at radius 2 is 2.33 bits per heavy atom. The molecule has 1 heterocycles. The summed E-state index contributed by atoms with van der Waals surface area (Å²) in [7, 11) is 0. The number of aromatic nitrogens is 2. The predicted octanol–water partition coefficient (Wildman–Crippen LogP) is 1.57. The molecule has 1 aromatic carbocycles. The lowest BCUT2D eigenvalue weighted by atomic mass is 10.2. The van der Waals surface area contributed by atoms with Crippen LogP contribution in [0.1, 0.15) is 11.4 Å². The van der Waals surface area contributed by atoms with E-state index in [9.17, 15) is 0 Å². The van der Waals surface area contributed by atoms with Crippen molar-refractivity contribution >= 4 is 11.4 Å². The molecule has 0 aliphatic heterocycles. The molecule has 0 atom stereocenters. The van der Waals surface area contributed by atoms with Crippen molar-refractivity contribution < 1.29 is 4.52 Å². The highest BCUT2D eigenvalue weighted by Gasteiger charge is 2.01. The fourth-order valence-corrected chi connectivity index (χ4v) is 1.29. The summed E-state index contributed by atoms with van der Waals surface area (Å²) in [5.41, 5.74) is 8.57. The summed E-state index contributed by atoms with van der Waals surface area (Å²) in [5, 5.41) is 6.82. The number of benzene rings is 1. The average Bonchev–Trinajstić information content (AvgIpc) is 2.69. The Kier molecular flexibility index (Phi) is 2.53. The van der Waals surface area contributed by atoms with Crippen molar-refractivity contribution in [2.75, 3.05) is 11.1 Å². The fourth-order valence-electron chi connectivity index (χ4n) is 1.29. The molecule has 15 heavy (non-hydrogen) atoms. The lowest BCUT2D eigenvalue weighted by Gasteiger charge is -2.07. The number of nitrogens with zero attached hydrogens (tertiary/aromatic N) is 2. The van der Waals surface area contributed by atoms with E-state index in [1.54, 1.807) is 0 Å². The molecule has 2 aromatic rings. The Morgan fingerprint density at radius 3 is 3.00 bits per heavy atom. The monoisotopic (exact) mass is 204 g/mol. The summed E-state index contributed by atoms with van der Waals surface area (Å²) < 4.78 is 4.62. The molecular formula is C10H12N4O. The van der Waals surface area contributed by atoms with Gasteiger partial charge in [0, 0.05) is 0 Å². The first-order valence-electron chi connectivity index (χ1n) is 4.61. The van der Waals surface area contributed by atoms with Crippen molar-refractivity contribution in [1.82, 2.24) is 10.1 Å². The van der Waals surface area contributed by atoms with Gasteiger partial charge in [-0.1, -0.05) is 11.2 Å². The SMILES string of the molecule is Cc1ccc(NCc2ncon2)c(N)c1. The van der Waals surface area contributed by atoms with Crippen molar-refractivity contribution in [2.45, 2.75) is 13.5 Å². The minimum Gasteiger partial charge on any atom is -0.397 e. The van der Waals surface area contributed by atoms with Gasteiger partial charge in [0.2, 0.25) is 6.39 Å². The van der Waals surface area contributed by atoms with Crippen molar-refractivity contribution in [3.05, 3.63) is 36.0 Å². The van der Waals surface area contributed by atoms with Gasteiger partial charge >= 0.3 is 0 Å². The normalized spacial score (nSPS) is 10.2. The van der Waals surface area contributed by atoms with Crippen LogP contribution in [0, 0.1) is 6.92 Å². The van der Waals surface area contributed by atoms with Gasteiger partial charge in [-0.05, 0) is 24.6 Å². The molecule has 3 N–H and O–H groups in total. The van der Waals surface area contributed by atoms with Crippen LogP contribution in [0.2, 0.25) is 0 Å². The molecule has 1 aromatic heterocycles. The summed E-state index contributed by atoms with van der Waals surface area (Å²) in [6, 6.07) is 5.85. The van der Waals surface area contributed by atoms with Gasteiger partial charge in [-0.2, -0.15) is 4.98 Å². The van der Waals surface area contributed by atoms with Gasteiger partial charge in [-0.15, -0.1) is 0 Å². The number of nitrogens with one attached hydrogen (secondary N) is 1. The number of aryl methyl sites for hydroxylation is 1. The molecule has 0 aliphatic carbocycles. The summed E-state index contributed by atoms with van der Waals surface area (Å²) in [5.74, 6) is 0.606. The second-order valence-corrected chi connectivity index (χ2v) is 3.29. The number of anilines is 2. The molecule has 0 amide bonds. The van der Waals surface area contributed by atoms with Crippen LogP contribution in [-0.2, 0) is 6.54 Å². The molecule has 5 nitrogen and oxygen atoms in total. The van der Waals surface area contributed by atoms with Gasteiger partial charge in [-0.25, -0.2) is 0 Å². The number of hydrogen-bond donors (Lipinski definition) is 2. The molecule has 0 spiro atoms. The van der Waals surface area contributed by atoms with Crippen LogP contribution in [0.3, 0.4) is 0 Å². The van der Waals surface area contributed by atoms with Crippen LogP contribution in [-0.4, -0.2) is 10.1 Å². The smallest absolute Gasteiger partial charge is 0.213 e. The Bertz CT molecular complexity index is 439. The highest BCUT2D eigenvalue weighted by Crippen LogP contribution is 2.19.